The smallest absolute Gasteiger partial charge is 0.282 e. The zero-order chi connectivity index (χ0) is 21.1. The van der Waals surface area contributed by atoms with Crippen LogP contribution in [0.15, 0.2) is 53.6 Å². The number of nitro benzene ring substituents is 1. The molecule has 0 spiro atoms. The molecule has 3 aromatic rings. The molecule has 0 saturated heterocycles. The van der Waals surface area contributed by atoms with Gasteiger partial charge in [-0.15, -0.1) is 0 Å². The summed E-state index contributed by atoms with van der Waals surface area (Å²) in [5.74, 6) is -0.666. The molecular formula is C20H16Cl2N4O3. The minimum atomic E-state index is -0.666. The van der Waals surface area contributed by atoms with E-state index in [4.69, 9.17) is 23.2 Å². The second kappa shape index (κ2) is 8.46. The van der Waals surface area contributed by atoms with Gasteiger partial charge in [0.2, 0.25) is 0 Å². The average molecular weight is 431 g/mol. The van der Waals surface area contributed by atoms with E-state index in [0.717, 1.165) is 22.6 Å². The summed E-state index contributed by atoms with van der Waals surface area (Å²) in [5, 5.41) is 16.1. The van der Waals surface area contributed by atoms with Crippen molar-refractivity contribution in [2.45, 2.75) is 13.8 Å². The summed E-state index contributed by atoms with van der Waals surface area (Å²) in [6.45, 7) is 3.79. The highest BCUT2D eigenvalue weighted by atomic mass is 35.5. The Morgan fingerprint density at radius 1 is 1.17 bits per heavy atom. The summed E-state index contributed by atoms with van der Waals surface area (Å²) in [7, 11) is 0. The minimum absolute atomic E-state index is 0.0640. The normalized spacial score (nSPS) is 11.0. The Kier molecular flexibility index (Phi) is 6.00. The van der Waals surface area contributed by atoms with Gasteiger partial charge in [-0.1, -0.05) is 35.3 Å². The Morgan fingerprint density at radius 2 is 1.90 bits per heavy atom. The van der Waals surface area contributed by atoms with E-state index in [2.05, 4.69) is 10.5 Å². The van der Waals surface area contributed by atoms with Gasteiger partial charge >= 0.3 is 0 Å². The molecule has 1 heterocycles. The molecule has 9 heteroatoms. The molecule has 3 rings (SSSR count). The molecule has 0 aliphatic carbocycles. The molecule has 2 aromatic carbocycles. The lowest BCUT2D eigenvalue weighted by atomic mass is 10.2. The largest absolute Gasteiger partial charge is 0.316 e. The third-order valence-corrected chi connectivity index (χ3v) is 4.89. The maximum Gasteiger partial charge on any atom is 0.282 e. The Bertz CT molecular complexity index is 1140. The summed E-state index contributed by atoms with van der Waals surface area (Å²) in [5.41, 5.74) is 5.21. The third kappa shape index (κ3) is 4.31. The van der Waals surface area contributed by atoms with Crippen LogP contribution in [0, 0.1) is 24.0 Å². The van der Waals surface area contributed by atoms with Gasteiger partial charge in [0.05, 0.1) is 21.8 Å². The fourth-order valence-corrected chi connectivity index (χ4v) is 3.36. The predicted molar refractivity (Wildman–Crippen MR) is 113 cm³/mol. The molecule has 0 unspecified atom stereocenters. The Hall–Kier alpha value is -3.16. The number of nitrogens with zero attached hydrogens (tertiary/aromatic N) is 3. The number of rotatable bonds is 5. The van der Waals surface area contributed by atoms with Crippen molar-refractivity contribution in [3.63, 3.8) is 0 Å². The predicted octanol–water partition coefficient (Wildman–Crippen LogP) is 5.07. The molecule has 0 fully saturated rings. The zero-order valence-electron chi connectivity index (χ0n) is 15.5. The van der Waals surface area contributed by atoms with Crippen LogP contribution in [-0.4, -0.2) is 21.6 Å². The van der Waals surface area contributed by atoms with Crippen molar-refractivity contribution in [1.82, 2.24) is 9.99 Å². The van der Waals surface area contributed by atoms with Crippen LogP contribution >= 0.6 is 23.2 Å². The lowest BCUT2D eigenvalue weighted by Gasteiger charge is -2.12. The van der Waals surface area contributed by atoms with Crippen LogP contribution in [0.1, 0.15) is 27.3 Å². The van der Waals surface area contributed by atoms with Gasteiger partial charge in [0, 0.05) is 28.0 Å². The van der Waals surface area contributed by atoms with Gasteiger partial charge < -0.3 is 4.57 Å². The number of para-hydroxylation sites is 1. The molecule has 0 radical (unpaired) electrons. The molecule has 0 atom stereocenters. The number of nitro groups is 1. The zero-order valence-corrected chi connectivity index (χ0v) is 17.0. The first-order valence-corrected chi connectivity index (χ1v) is 9.26. The van der Waals surface area contributed by atoms with E-state index in [1.165, 1.54) is 24.4 Å². The summed E-state index contributed by atoms with van der Waals surface area (Å²) in [6.07, 6.45) is 1.48. The Labute approximate surface area is 176 Å². The first-order valence-electron chi connectivity index (χ1n) is 8.50. The monoisotopic (exact) mass is 430 g/mol. The third-order valence-electron chi connectivity index (χ3n) is 4.33. The van der Waals surface area contributed by atoms with Crippen LogP contribution in [0.5, 0.6) is 0 Å². The molecule has 29 heavy (non-hydrogen) atoms. The van der Waals surface area contributed by atoms with Crippen LogP contribution in [0.4, 0.5) is 5.69 Å². The summed E-state index contributed by atoms with van der Waals surface area (Å²) < 4.78 is 1.93. The van der Waals surface area contributed by atoms with E-state index in [9.17, 15) is 14.9 Å². The number of hydrogen-bond acceptors (Lipinski definition) is 4. The molecule has 0 saturated carbocycles. The van der Waals surface area contributed by atoms with Crippen LogP contribution in [0.25, 0.3) is 5.69 Å². The molecule has 1 aromatic heterocycles. The molecule has 1 amide bonds. The van der Waals surface area contributed by atoms with Crippen molar-refractivity contribution < 1.29 is 9.72 Å². The van der Waals surface area contributed by atoms with Gasteiger partial charge in [0.25, 0.3) is 11.6 Å². The molecule has 0 bridgehead atoms. The van der Waals surface area contributed by atoms with E-state index in [1.807, 2.05) is 24.5 Å². The van der Waals surface area contributed by atoms with Gasteiger partial charge in [0.15, 0.2) is 0 Å². The number of carbonyl (C=O) groups excluding carboxylic acids is 1. The molecule has 0 aliphatic heterocycles. The van der Waals surface area contributed by atoms with Gasteiger partial charge in [-0.05, 0) is 44.2 Å². The number of benzene rings is 2. The number of aromatic nitrogens is 1. The second-order valence-electron chi connectivity index (χ2n) is 6.23. The first kappa shape index (κ1) is 20.6. The highest BCUT2D eigenvalue weighted by Crippen LogP contribution is 2.28. The number of hydrazone groups is 1. The lowest BCUT2D eigenvalue weighted by Crippen LogP contribution is -2.19. The minimum Gasteiger partial charge on any atom is -0.316 e. The molecule has 1 N–H and O–H groups in total. The summed E-state index contributed by atoms with van der Waals surface area (Å²) in [4.78, 5) is 22.7. The van der Waals surface area contributed by atoms with Crippen LogP contribution < -0.4 is 5.43 Å². The highest BCUT2D eigenvalue weighted by molar-refractivity contribution is 6.34. The fourth-order valence-electron chi connectivity index (χ4n) is 2.99. The van der Waals surface area contributed by atoms with Gasteiger partial charge in [-0.25, -0.2) is 5.43 Å². The van der Waals surface area contributed by atoms with Crippen LogP contribution in [0.3, 0.4) is 0 Å². The number of amides is 1. The van der Waals surface area contributed by atoms with Crippen molar-refractivity contribution in [3.05, 3.63) is 91.2 Å². The molecule has 0 aliphatic rings. The number of hydrogen-bond donors (Lipinski definition) is 1. The molecule has 148 valence electrons. The Morgan fingerprint density at radius 3 is 2.62 bits per heavy atom. The van der Waals surface area contributed by atoms with E-state index >= 15 is 0 Å². The van der Waals surface area contributed by atoms with Crippen molar-refractivity contribution in [2.75, 3.05) is 0 Å². The van der Waals surface area contributed by atoms with Gasteiger partial charge in [0.1, 0.15) is 5.56 Å². The van der Waals surface area contributed by atoms with Gasteiger partial charge in [-0.3, -0.25) is 14.9 Å². The SMILES string of the molecule is Cc1cc(/C=N\NC(=O)c2ccccc2[N+](=O)[O-])c(C)n1-c1cc(Cl)ccc1Cl. The van der Waals surface area contributed by atoms with E-state index in [0.29, 0.717) is 10.0 Å². The molecule has 7 nitrogen and oxygen atoms in total. The topological polar surface area (TPSA) is 89.5 Å². The van der Waals surface area contributed by atoms with Crippen LogP contribution in [0.2, 0.25) is 10.0 Å². The van der Waals surface area contributed by atoms with Crippen molar-refractivity contribution in [3.8, 4) is 5.69 Å². The van der Waals surface area contributed by atoms with E-state index in [1.54, 1.807) is 24.3 Å². The number of nitrogens with one attached hydrogen (secondary N) is 1. The highest BCUT2D eigenvalue weighted by Gasteiger charge is 2.18. The van der Waals surface area contributed by atoms with Gasteiger partial charge in [-0.2, -0.15) is 5.10 Å². The second-order valence-corrected chi connectivity index (χ2v) is 7.07. The maximum absolute atomic E-state index is 12.3. The number of halogens is 2. The molecular weight excluding hydrogens is 415 g/mol. The summed E-state index contributed by atoms with van der Waals surface area (Å²) in [6, 6.07) is 12.8. The van der Waals surface area contributed by atoms with Crippen molar-refractivity contribution >= 4 is 41.0 Å². The van der Waals surface area contributed by atoms with Crippen molar-refractivity contribution in [2.24, 2.45) is 5.10 Å². The van der Waals surface area contributed by atoms with E-state index < -0.39 is 10.8 Å². The number of carbonyl (C=O) groups is 1. The number of aryl methyl sites for hydroxylation is 1. The first-order chi connectivity index (χ1) is 13.8. The van der Waals surface area contributed by atoms with Crippen LogP contribution in [-0.2, 0) is 0 Å². The Balaban J connectivity index is 1.85. The summed E-state index contributed by atoms with van der Waals surface area (Å²) >= 11 is 12.4. The van der Waals surface area contributed by atoms with Crippen molar-refractivity contribution in [1.29, 1.82) is 0 Å². The fraction of sp³-hybridized carbons (Fsp3) is 0.100. The lowest BCUT2D eigenvalue weighted by molar-refractivity contribution is -0.385. The average Bonchev–Trinajstić information content (AvgIpc) is 2.97. The van der Waals surface area contributed by atoms with E-state index in [-0.39, 0.29) is 11.3 Å². The maximum atomic E-state index is 12.3. The quantitative estimate of drug-likeness (QED) is 0.347. The standard InChI is InChI=1S/C20H16Cl2N4O3/c1-12-9-14(13(2)25(12)19-10-15(21)7-8-17(19)22)11-23-24-20(27)16-5-3-4-6-18(16)26(28)29/h3-11H,1-2H3,(H,24,27)/b23-11-.